The molecule has 128 valence electrons. The number of rotatable bonds is 7. The average molecular weight is 368 g/mol. The quantitative estimate of drug-likeness (QED) is 0.564. The topological polar surface area (TPSA) is 64.6 Å². The van der Waals surface area contributed by atoms with Crippen LogP contribution in [0.15, 0.2) is 41.8 Å². The van der Waals surface area contributed by atoms with E-state index in [9.17, 15) is 9.59 Å². The number of ether oxygens (including phenoxy) is 2. The molecule has 5 nitrogen and oxygen atoms in total. The van der Waals surface area contributed by atoms with Crippen LogP contribution in [0.5, 0.6) is 0 Å². The number of amides is 1. The Balaban J connectivity index is 1.82. The van der Waals surface area contributed by atoms with E-state index >= 15 is 0 Å². The molecule has 0 spiro atoms. The minimum atomic E-state index is -0.637. The van der Waals surface area contributed by atoms with Gasteiger partial charge in [-0.25, -0.2) is 9.59 Å². The third-order valence-corrected chi connectivity index (χ3v) is 4.35. The second-order valence-corrected chi connectivity index (χ2v) is 6.38. The van der Waals surface area contributed by atoms with Crippen LogP contribution in [0.2, 0.25) is 5.02 Å². The van der Waals surface area contributed by atoms with E-state index in [0.29, 0.717) is 9.90 Å². The van der Waals surface area contributed by atoms with E-state index in [1.165, 1.54) is 11.3 Å². The Morgan fingerprint density at radius 1 is 1.21 bits per heavy atom. The SMILES string of the molecule is CCCC(NC(=O)OCOC(=O)c1cccs1)c1ccc(Cl)cc1. The van der Waals surface area contributed by atoms with E-state index in [2.05, 4.69) is 5.32 Å². The fraction of sp³-hybridized carbons (Fsp3) is 0.294. The van der Waals surface area contributed by atoms with Gasteiger partial charge in [0.15, 0.2) is 0 Å². The maximum absolute atomic E-state index is 11.9. The van der Waals surface area contributed by atoms with Crippen molar-refractivity contribution in [2.45, 2.75) is 25.8 Å². The van der Waals surface area contributed by atoms with Crippen LogP contribution >= 0.6 is 22.9 Å². The lowest BCUT2D eigenvalue weighted by Crippen LogP contribution is -2.30. The van der Waals surface area contributed by atoms with Crippen LogP contribution < -0.4 is 5.32 Å². The Morgan fingerprint density at radius 2 is 1.96 bits per heavy atom. The van der Waals surface area contributed by atoms with Crippen LogP contribution in [-0.2, 0) is 9.47 Å². The lowest BCUT2D eigenvalue weighted by Gasteiger charge is -2.18. The van der Waals surface area contributed by atoms with Crippen molar-refractivity contribution in [1.82, 2.24) is 5.32 Å². The molecule has 0 aliphatic heterocycles. The molecular weight excluding hydrogens is 350 g/mol. The lowest BCUT2D eigenvalue weighted by molar-refractivity contribution is -0.00258. The molecule has 1 amide bonds. The summed E-state index contributed by atoms with van der Waals surface area (Å²) in [7, 11) is 0. The van der Waals surface area contributed by atoms with E-state index in [0.717, 1.165) is 18.4 Å². The summed E-state index contributed by atoms with van der Waals surface area (Å²) in [6.07, 6.45) is 1.01. The largest absolute Gasteiger partial charge is 0.424 e. The standard InChI is InChI=1S/C17H18ClNO4S/c1-2-4-14(12-6-8-13(18)9-7-12)19-17(21)23-11-22-16(20)15-5-3-10-24-15/h3,5-10,14H,2,4,11H2,1H3,(H,19,21). The number of hydrogen-bond donors (Lipinski definition) is 1. The number of nitrogens with one attached hydrogen (secondary N) is 1. The van der Waals surface area contributed by atoms with Crippen molar-refractivity contribution in [3.8, 4) is 0 Å². The second-order valence-electron chi connectivity index (χ2n) is 5.00. The van der Waals surface area contributed by atoms with Crippen LogP contribution in [0.3, 0.4) is 0 Å². The number of esters is 1. The summed E-state index contributed by atoms with van der Waals surface area (Å²) >= 11 is 7.14. The summed E-state index contributed by atoms with van der Waals surface area (Å²) in [6, 6.07) is 10.5. The Bertz CT molecular complexity index is 658. The zero-order chi connectivity index (χ0) is 17.4. The fourth-order valence-corrected chi connectivity index (χ4v) is 2.83. The fourth-order valence-electron chi connectivity index (χ4n) is 2.09. The first-order valence-electron chi connectivity index (χ1n) is 7.49. The Kier molecular flexibility index (Phi) is 7.08. The predicted octanol–water partition coefficient (Wildman–Crippen LogP) is 4.78. The first-order chi connectivity index (χ1) is 11.6. The van der Waals surface area contributed by atoms with E-state index in [1.807, 2.05) is 19.1 Å². The predicted molar refractivity (Wildman–Crippen MR) is 93.3 cm³/mol. The monoisotopic (exact) mass is 367 g/mol. The van der Waals surface area contributed by atoms with Gasteiger partial charge in [0.2, 0.25) is 6.79 Å². The van der Waals surface area contributed by atoms with Crippen LogP contribution in [0.1, 0.15) is 41.0 Å². The van der Waals surface area contributed by atoms with Crippen LogP contribution in [0.25, 0.3) is 0 Å². The maximum Gasteiger partial charge on any atom is 0.410 e. The second kappa shape index (κ2) is 9.30. The highest BCUT2D eigenvalue weighted by molar-refractivity contribution is 7.11. The zero-order valence-corrected chi connectivity index (χ0v) is 14.7. The Morgan fingerprint density at radius 3 is 2.58 bits per heavy atom. The molecule has 0 aliphatic rings. The minimum absolute atomic E-state index is 0.187. The summed E-state index contributed by atoms with van der Waals surface area (Å²) in [5.74, 6) is -0.513. The van der Waals surface area contributed by atoms with Crippen molar-refractivity contribution >= 4 is 35.0 Å². The van der Waals surface area contributed by atoms with E-state index < -0.39 is 18.9 Å². The molecule has 1 N–H and O–H groups in total. The molecule has 0 aliphatic carbocycles. The highest BCUT2D eigenvalue weighted by atomic mass is 35.5. The average Bonchev–Trinajstić information content (AvgIpc) is 3.10. The summed E-state index contributed by atoms with van der Waals surface area (Å²) in [6.45, 7) is 1.60. The maximum atomic E-state index is 11.9. The number of benzene rings is 1. The van der Waals surface area contributed by atoms with Crippen molar-refractivity contribution in [1.29, 1.82) is 0 Å². The third-order valence-electron chi connectivity index (χ3n) is 3.24. The van der Waals surface area contributed by atoms with Crippen LogP contribution in [0, 0.1) is 0 Å². The number of thiophene rings is 1. The van der Waals surface area contributed by atoms with Crippen molar-refractivity contribution in [3.63, 3.8) is 0 Å². The highest BCUT2D eigenvalue weighted by Gasteiger charge is 2.15. The zero-order valence-electron chi connectivity index (χ0n) is 13.2. The molecule has 2 rings (SSSR count). The molecule has 2 aromatic rings. The molecule has 24 heavy (non-hydrogen) atoms. The summed E-state index contributed by atoms with van der Waals surface area (Å²) in [5.41, 5.74) is 0.939. The minimum Gasteiger partial charge on any atom is -0.424 e. The molecule has 1 atom stereocenters. The van der Waals surface area contributed by atoms with Gasteiger partial charge >= 0.3 is 12.1 Å². The van der Waals surface area contributed by atoms with Gasteiger partial charge in [-0.3, -0.25) is 0 Å². The molecule has 1 aromatic heterocycles. The van der Waals surface area contributed by atoms with Gasteiger partial charge in [-0.15, -0.1) is 11.3 Å². The molecule has 1 aromatic carbocycles. The van der Waals surface area contributed by atoms with Gasteiger partial charge in [0.25, 0.3) is 0 Å². The number of halogens is 1. The first-order valence-corrected chi connectivity index (χ1v) is 8.75. The third kappa shape index (κ3) is 5.54. The highest BCUT2D eigenvalue weighted by Crippen LogP contribution is 2.20. The van der Waals surface area contributed by atoms with Crippen molar-refractivity contribution < 1.29 is 19.1 Å². The smallest absolute Gasteiger partial charge is 0.410 e. The van der Waals surface area contributed by atoms with Crippen molar-refractivity contribution in [2.75, 3.05) is 6.79 Å². The van der Waals surface area contributed by atoms with Gasteiger partial charge in [-0.05, 0) is 35.6 Å². The molecule has 0 bridgehead atoms. The first kappa shape index (κ1) is 18.3. The van der Waals surface area contributed by atoms with Crippen LogP contribution in [0.4, 0.5) is 4.79 Å². The van der Waals surface area contributed by atoms with E-state index in [-0.39, 0.29) is 6.04 Å². The molecule has 0 fully saturated rings. The summed E-state index contributed by atoms with van der Waals surface area (Å²) in [5, 5.41) is 5.17. The number of carbonyl (C=O) groups is 2. The number of alkyl carbamates (subject to hydrolysis) is 1. The van der Waals surface area contributed by atoms with E-state index in [1.54, 1.807) is 29.6 Å². The van der Waals surface area contributed by atoms with Gasteiger partial charge < -0.3 is 14.8 Å². The van der Waals surface area contributed by atoms with Gasteiger partial charge in [-0.1, -0.05) is 43.1 Å². The van der Waals surface area contributed by atoms with Gasteiger partial charge in [0.1, 0.15) is 4.88 Å². The van der Waals surface area contributed by atoms with Gasteiger partial charge in [-0.2, -0.15) is 0 Å². The normalized spacial score (nSPS) is 11.6. The number of carbonyl (C=O) groups excluding carboxylic acids is 2. The molecule has 7 heteroatoms. The molecule has 1 unspecified atom stereocenters. The number of hydrogen-bond acceptors (Lipinski definition) is 5. The van der Waals surface area contributed by atoms with Gasteiger partial charge in [0.05, 0.1) is 6.04 Å². The van der Waals surface area contributed by atoms with Crippen molar-refractivity contribution in [2.24, 2.45) is 0 Å². The Labute approximate surface area is 149 Å². The molecular formula is C17H18ClNO4S. The molecule has 0 saturated heterocycles. The molecule has 1 heterocycles. The summed E-state index contributed by atoms with van der Waals surface area (Å²) < 4.78 is 9.81. The van der Waals surface area contributed by atoms with E-state index in [4.69, 9.17) is 21.1 Å². The van der Waals surface area contributed by atoms with Gasteiger partial charge in [0, 0.05) is 5.02 Å². The lowest BCUT2D eigenvalue weighted by atomic mass is 10.0. The summed E-state index contributed by atoms with van der Waals surface area (Å²) in [4.78, 5) is 24.0. The molecule has 0 saturated carbocycles. The molecule has 0 radical (unpaired) electrons. The van der Waals surface area contributed by atoms with Crippen molar-refractivity contribution in [3.05, 3.63) is 57.2 Å². The van der Waals surface area contributed by atoms with Crippen LogP contribution in [-0.4, -0.2) is 18.9 Å². The Hall–Kier alpha value is -2.05.